The zero-order chi connectivity index (χ0) is 15.4. The molecule has 0 radical (unpaired) electrons. The van der Waals surface area contributed by atoms with Crippen LogP contribution in [-0.2, 0) is 11.3 Å². The van der Waals surface area contributed by atoms with Crippen LogP contribution in [0.4, 0.5) is 0 Å². The monoisotopic (exact) mass is 307 g/mol. The van der Waals surface area contributed by atoms with E-state index in [4.69, 9.17) is 9.84 Å². The lowest BCUT2D eigenvalue weighted by Crippen LogP contribution is -2.16. The number of aromatic nitrogens is 1. The van der Waals surface area contributed by atoms with Crippen molar-refractivity contribution in [2.75, 3.05) is 0 Å². The molecule has 0 aliphatic carbocycles. The Morgan fingerprint density at radius 3 is 2.57 bits per heavy atom. The Hall–Kier alpha value is -2.08. The average molecular weight is 307 g/mol. The first-order valence-corrected chi connectivity index (χ1v) is 7.52. The second-order valence-electron chi connectivity index (χ2n) is 4.87. The number of carbonyl (C=O) groups is 1. The van der Waals surface area contributed by atoms with E-state index in [2.05, 4.69) is 0 Å². The summed E-state index contributed by atoms with van der Waals surface area (Å²) >= 11 is 1.08. The Bertz CT molecular complexity index is 670. The third-order valence-corrected chi connectivity index (χ3v) is 3.62. The molecule has 0 saturated carbocycles. The van der Waals surface area contributed by atoms with Crippen molar-refractivity contribution >= 4 is 17.3 Å². The van der Waals surface area contributed by atoms with E-state index >= 15 is 0 Å². The number of aliphatic carboxylic acids is 1. The first-order valence-electron chi connectivity index (χ1n) is 6.64. The van der Waals surface area contributed by atoms with Crippen molar-refractivity contribution in [3.63, 3.8) is 0 Å². The molecule has 1 N–H and O–H groups in total. The smallest absolute Gasteiger partial charge is 0.307 e. The van der Waals surface area contributed by atoms with Crippen LogP contribution in [0.15, 0.2) is 34.4 Å². The van der Waals surface area contributed by atoms with Gasteiger partial charge in [-0.1, -0.05) is 11.3 Å². The van der Waals surface area contributed by atoms with E-state index in [0.717, 1.165) is 28.3 Å². The molecule has 0 atom stereocenters. The van der Waals surface area contributed by atoms with Gasteiger partial charge in [0.2, 0.25) is 0 Å². The van der Waals surface area contributed by atoms with Gasteiger partial charge in [0.05, 0.1) is 18.2 Å². The fourth-order valence-corrected chi connectivity index (χ4v) is 2.74. The number of carboxylic acid groups (broad SMARTS) is 1. The van der Waals surface area contributed by atoms with E-state index < -0.39 is 5.97 Å². The normalized spacial score (nSPS) is 10.8. The molecule has 2 aromatic rings. The Labute approximate surface area is 126 Å². The number of hydrogen-bond donors (Lipinski definition) is 1. The molecule has 112 valence electrons. The summed E-state index contributed by atoms with van der Waals surface area (Å²) in [6.45, 7) is 4.09. The predicted molar refractivity (Wildman–Crippen MR) is 82.0 cm³/mol. The highest BCUT2D eigenvalue weighted by molar-refractivity contribution is 7.07. The highest BCUT2D eigenvalue weighted by Gasteiger charge is 2.10. The topological polar surface area (TPSA) is 68.5 Å². The lowest BCUT2D eigenvalue weighted by Gasteiger charge is -2.11. The molecule has 1 heterocycles. The van der Waals surface area contributed by atoms with E-state index in [1.807, 2.05) is 38.1 Å². The van der Waals surface area contributed by atoms with E-state index in [9.17, 15) is 9.59 Å². The largest absolute Gasteiger partial charge is 0.491 e. The summed E-state index contributed by atoms with van der Waals surface area (Å²) in [5.74, 6) is -0.150. The van der Waals surface area contributed by atoms with Crippen LogP contribution < -0.4 is 9.61 Å². The average Bonchev–Trinajstić information content (AvgIpc) is 2.78. The Kier molecular flexibility index (Phi) is 4.80. The summed E-state index contributed by atoms with van der Waals surface area (Å²) in [5, 5.41) is 10.5. The molecule has 2 rings (SSSR count). The van der Waals surface area contributed by atoms with Crippen LogP contribution in [0.1, 0.15) is 20.3 Å². The molecule has 1 aromatic heterocycles. The molecule has 0 bridgehead atoms. The van der Waals surface area contributed by atoms with E-state index in [-0.39, 0.29) is 23.9 Å². The highest BCUT2D eigenvalue weighted by Crippen LogP contribution is 2.23. The van der Waals surface area contributed by atoms with Gasteiger partial charge in [-0.2, -0.15) is 0 Å². The van der Waals surface area contributed by atoms with Gasteiger partial charge in [0.25, 0.3) is 0 Å². The molecule has 0 spiro atoms. The third kappa shape index (κ3) is 3.95. The molecule has 5 nitrogen and oxygen atoms in total. The molecule has 6 heteroatoms. The van der Waals surface area contributed by atoms with Crippen molar-refractivity contribution in [2.45, 2.75) is 32.9 Å². The molecule has 1 aromatic carbocycles. The zero-order valence-corrected chi connectivity index (χ0v) is 12.7. The SMILES string of the molecule is CC(C)Oc1ccc(-c2csc(=O)n2CCC(=O)O)cc1. The number of benzene rings is 1. The predicted octanol–water partition coefficient (Wildman–Crippen LogP) is 2.84. The fraction of sp³-hybridized carbons (Fsp3) is 0.333. The summed E-state index contributed by atoms with van der Waals surface area (Å²) in [6.07, 6.45) is 0.0313. The van der Waals surface area contributed by atoms with Crippen LogP contribution in [0.5, 0.6) is 5.75 Å². The van der Waals surface area contributed by atoms with E-state index in [1.54, 1.807) is 5.38 Å². The highest BCUT2D eigenvalue weighted by atomic mass is 32.1. The van der Waals surface area contributed by atoms with Crippen LogP contribution in [0, 0.1) is 0 Å². The Balaban J connectivity index is 2.25. The Morgan fingerprint density at radius 2 is 2.00 bits per heavy atom. The quantitative estimate of drug-likeness (QED) is 0.891. The van der Waals surface area contributed by atoms with Crippen LogP contribution in [0.2, 0.25) is 0 Å². The second kappa shape index (κ2) is 6.58. The maximum atomic E-state index is 11.8. The molecule has 0 unspecified atom stereocenters. The second-order valence-corrected chi connectivity index (χ2v) is 5.69. The summed E-state index contributed by atoms with van der Waals surface area (Å²) < 4.78 is 7.07. The van der Waals surface area contributed by atoms with Gasteiger partial charge in [-0.25, -0.2) is 0 Å². The van der Waals surface area contributed by atoms with Crippen LogP contribution in [0.25, 0.3) is 11.3 Å². The molecule has 0 amide bonds. The Morgan fingerprint density at radius 1 is 1.33 bits per heavy atom. The molecule has 21 heavy (non-hydrogen) atoms. The standard InChI is InChI=1S/C15H17NO4S/c1-10(2)20-12-5-3-11(4-6-12)13-9-21-15(19)16(13)8-7-14(17)18/h3-6,9-10H,7-8H2,1-2H3,(H,17,18). The van der Waals surface area contributed by atoms with Gasteiger partial charge in [0, 0.05) is 11.9 Å². The summed E-state index contributed by atoms with van der Waals surface area (Å²) in [5.41, 5.74) is 1.61. The van der Waals surface area contributed by atoms with Crippen molar-refractivity contribution in [1.29, 1.82) is 0 Å². The lowest BCUT2D eigenvalue weighted by atomic mass is 10.1. The molecule has 0 saturated heterocycles. The molecule has 0 aliphatic rings. The van der Waals surface area contributed by atoms with Gasteiger partial charge >= 0.3 is 10.8 Å². The number of nitrogens with zero attached hydrogens (tertiary/aromatic N) is 1. The van der Waals surface area contributed by atoms with Crippen molar-refractivity contribution in [2.24, 2.45) is 0 Å². The van der Waals surface area contributed by atoms with Crippen molar-refractivity contribution in [3.05, 3.63) is 39.3 Å². The molecular weight excluding hydrogens is 290 g/mol. The van der Waals surface area contributed by atoms with Crippen LogP contribution in [0.3, 0.4) is 0 Å². The first-order chi connectivity index (χ1) is 9.97. The van der Waals surface area contributed by atoms with Gasteiger partial charge in [-0.15, -0.1) is 0 Å². The number of hydrogen-bond acceptors (Lipinski definition) is 4. The van der Waals surface area contributed by atoms with Gasteiger partial charge in [-0.05, 0) is 43.7 Å². The van der Waals surface area contributed by atoms with Crippen molar-refractivity contribution < 1.29 is 14.6 Å². The number of rotatable bonds is 6. The molecule has 0 fully saturated rings. The summed E-state index contributed by atoms with van der Waals surface area (Å²) in [6, 6.07) is 7.44. The molecular formula is C15H17NO4S. The maximum absolute atomic E-state index is 11.8. The fourth-order valence-electron chi connectivity index (χ4n) is 1.95. The number of ether oxygens (including phenoxy) is 1. The van der Waals surface area contributed by atoms with Crippen LogP contribution in [-0.4, -0.2) is 21.7 Å². The van der Waals surface area contributed by atoms with Crippen LogP contribution >= 0.6 is 11.3 Å². The first kappa shape index (κ1) is 15.3. The van der Waals surface area contributed by atoms with Gasteiger partial charge < -0.3 is 9.84 Å². The number of thiazole rings is 1. The molecule has 0 aliphatic heterocycles. The summed E-state index contributed by atoms with van der Waals surface area (Å²) in [4.78, 5) is 22.3. The van der Waals surface area contributed by atoms with Gasteiger partial charge in [0.15, 0.2) is 0 Å². The van der Waals surface area contributed by atoms with E-state index in [0.29, 0.717) is 0 Å². The summed E-state index contributed by atoms with van der Waals surface area (Å²) in [7, 11) is 0. The number of carboxylic acids is 1. The minimum atomic E-state index is -0.917. The van der Waals surface area contributed by atoms with Crippen molar-refractivity contribution in [1.82, 2.24) is 4.57 Å². The minimum Gasteiger partial charge on any atom is -0.491 e. The van der Waals surface area contributed by atoms with E-state index in [1.165, 1.54) is 4.57 Å². The minimum absolute atomic E-state index is 0.0712. The maximum Gasteiger partial charge on any atom is 0.307 e. The van der Waals surface area contributed by atoms with Gasteiger partial charge in [-0.3, -0.25) is 14.2 Å². The third-order valence-electron chi connectivity index (χ3n) is 2.85. The van der Waals surface area contributed by atoms with Gasteiger partial charge in [0.1, 0.15) is 5.75 Å². The van der Waals surface area contributed by atoms with Crippen molar-refractivity contribution in [3.8, 4) is 17.0 Å². The lowest BCUT2D eigenvalue weighted by molar-refractivity contribution is -0.137. The zero-order valence-electron chi connectivity index (χ0n) is 11.9.